The summed E-state index contributed by atoms with van der Waals surface area (Å²) >= 11 is 0. The Bertz CT molecular complexity index is 141. The number of carbonyl (C=O) groups excluding carboxylic acids is 1. The molecule has 0 aliphatic heterocycles. The second-order valence-corrected chi connectivity index (χ2v) is 3.06. The summed E-state index contributed by atoms with van der Waals surface area (Å²) in [7, 11) is 3.39. The minimum absolute atomic E-state index is 0.0862. The average Bonchev–Trinajstić information content (AvgIpc) is 2.53. The summed E-state index contributed by atoms with van der Waals surface area (Å²) in [4.78, 5) is 12.8. The first-order valence-corrected chi connectivity index (χ1v) is 4.12. The van der Waals surface area contributed by atoms with Gasteiger partial charge in [0, 0.05) is 20.1 Å². The Hall–Kier alpha value is -0.730. The number of hydrogen-bond acceptors (Lipinski definition) is 1. The topological polar surface area (TPSA) is 34.4 Å². The minimum Gasteiger partial charge on any atom is -0.323 e. The van der Waals surface area contributed by atoms with Crippen LogP contribution in [0.2, 0.25) is 0 Å². The molecule has 0 aromatic carbocycles. The van der Waals surface area contributed by atoms with Gasteiger partial charge in [-0.25, -0.2) is 10.1 Å². The molecule has 0 aromatic heterocycles. The van der Waals surface area contributed by atoms with Crippen LogP contribution in [0.5, 0.6) is 0 Å². The van der Waals surface area contributed by atoms with Crippen LogP contribution in [0.3, 0.4) is 0 Å². The van der Waals surface area contributed by atoms with Crippen LogP contribution in [0.25, 0.3) is 0 Å². The van der Waals surface area contributed by atoms with E-state index in [9.17, 15) is 4.79 Å². The van der Waals surface area contributed by atoms with Gasteiger partial charge in [-0.3, -0.25) is 0 Å². The van der Waals surface area contributed by atoms with Crippen molar-refractivity contribution in [2.75, 3.05) is 14.1 Å². The molecule has 0 N–H and O–H groups in total. The van der Waals surface area contributed by atoms with Crippen molar-refractivity contribution in [3.8, 4) is 0 Å². The number of hydrogen-bond donors (Lipinski definition) is 0. The Balaban J connectivity index is 2.39. The number of urea groups is 1. The molecule has 11 heavy (non-hydrogen) atoms. The number of nitrogens with zero attached hydrogens (tertiary/aromatic N) is 2. The van der Waals surface area contributed by atoms with E-state index in [1.807, 2.05) is 7.05 Å². The first-order valence-electron chi connectivity index (χ1n) is 4.12. The summed E-state index contributed by atoms with van der Waals surface area (Å²) in [6.45, 7) is 0. The predicted molar refractivity (Wildman–Crippen MR) is 43.5 cm³/mol. The highest BCUT2D eigenvalue weighted by Gasteiger charge is 2.22. The summed E-state index contributed by atoms with van der Waals surface area (Å²) in [6.07, 6.45) is 4.81. The SMILES string of the molecule is C[N]C(=O)N(C)C1CCCC1. The molecule has 1 radical (unpaired) electrons. The lowest BCUT2D eigenvalue weighted by atomic mass is 10.2. The summed E-state index contributed by atoms with van der Waals surface area (Å²) in [5.41, 5.74) is 0. The number of amides is 2. The molecular weight excluding hydrogens is 140 g/mol. The largest absolute Gasteiger partial charge is 0.338 e. The molecule has 1 aliphatic carbocycles. The van der Waals surface area contributed by atoms with Crippen molar-refractivity contribution in [3.63, 3.8) is 0 Å². The lowest BCUT2D eigenvalue weighted by molar-refractivity contribution is 0.192. The quantitative estimate of drug-likeness (QED) is 0.560. The normalized spacial score (nSPS) is 18.4. The van der Waals surface area contributed by atoms with Gasteiger partial charge in [-0.1, -0.05) is 12.8 Å². The number of carbonyl (C=O) groups is 1. The Morgan fingerprint density at radius 1 is 1.45 bits per heavy atom. The highest BCUT2D eigenvalue weighted by atomic mass is 16.2. The van der Waals surface area contributed by atoms with Crippen molar-refractivity contribution in [2.45, 2.75) is 31.7 Å². The molecule has 0 atom stereocenters. The Morgan fingerprint density at radius 3 is 2.45 bits per heavy atom. The van der Waals surface area contributed by atoms with Crippen LogP contribution in [-0.2, 0) is 0 Å². The Kier molecular flexibility index (Phi) is 2.74. The van der Waals surface area contributed by atoms with Crippen LogP contribution in [0, 0.1) is 0 Å². The van der Waals surface area contributed by atoms with Crippen LogP contribution >= 0.6 is 0 Å². The first-order chi connectivity index (χ1) is 5.25. The molecule has 2 amide bonds. The smallest absolute Gasteiger partial charge is 0.323 e. The monoisotopic (exact) mass is 155 g/mol. The maximum atomic E-state index is 11.1. The van der Waals surface area contributed by atoms with Gasteiger partial charge in [0.15, 0.2) is 0 Å². The van der Waals surface area contributed by atoms with Crippen LogP contribution < -0.4 is 5.32 Å². The molecule has 3 nitrogen and oxygen atoms in total. The summed E-state index contributed by atoms with van der Waals surface area (Å²) in [5, 5.41) is 3.62. The molecule has 0 saturated heterocycles. The van der Waals surface area contributed by atoms with Crippen LogP contribution in [0.1, 0.15) is 25.7 Å². The molecule has 1 fully saturated rings. The van der Waals surface area contributed by atoms with Gasteiger partial charge in [0.2, 0.25) is 0 Å². The Labute approximate surface area is 67.8 Å². The third kappa shape index (κ3) is 1.85. The van der Waals surface area contributed by atoms with E-state index in [4.69, 9.17) is 0 Å². The Morgan fingerprint density at radius 2 is 2.00 bits per heavy atom. The second kappa shape index (κ2) is 3.60. The maximum Gasteiger partial charge on any atom is 0.338 e. The van der Waals surface area contributed by atoms with E-state index in [1.165, 1.54) is 12.8 Å². The molecule has 0 bridgehead atoms. The standard InChI is InChI=1S/C8H15N2O/c1-9-8(11)10(2)7-5-3-4-6-7/h7H,3-6H2,1-2H3. The molecule has 0 aromatic rings. The van der Waals surface area contributed by atoms with Gasteiger partial charge in [0.05, 0.1) is 0 Å². The van der Waals surface area contributed by atoms with Crippen molar-refractivity contribution < 1.29 is 4.79 Å². The van der Waals surface area contributed by atoms with E-state index in [2.05, 4.69) is 5.32 Å². The fraction of sp³-hybridized carbons (Fsp3) is 0.875. The van der Waals surface area contributed by atoms with Crippen molar-refractivity contribution in [2.24, 2.45) is 0 Å². The zero-order chi connectivity index (χ0) is 8.27. The van der Waals surface area contributed by atoms with Gasteiger partial charge in [-0.05, 0) is 12.8 Å². The molecule has 3 heteroatoms. The molecular formula is C8H15N2O. The molecule has 0 spiro atoms. The van der Waals surface area contributed by atoms with Crippen LogP contribution in [-0.4, -0.2) is 31.1 Å². The maximum absolute atomic E-state index is 11.1. The van der Waals surface area contributed by atoms with E-state index in [0.29, 0.717) is 6.04 Å². The van der Waals surface area contributed by atoms with Gasteiger partial charge < -0.3 is 4.90 Å². The van der Waals surface area contributed by atoms with Crippen molar-refractivity contribution in [1.29, 1.82) is 0 Å². The van der Waals surface area contributed by atoms with Crippen LogP contribution in [0.15, 0.2) is 0 Å². The average molecular weight is 155 g/mol. The lowest BCUT2D eigenvalue weighted by Gasteiger charge is -2.22. The highest BCUT2D eigenvalue weighted by molar-refractivity contribution is 5.73. The lowest BCUT2D eigenvalue weighted by Crippen LogP contribution is -2.38. The van der Waals surface area contributed by atoms with Gasteiger partial charge in [0.1, 0.15) is 0 Å². The van der Waals surface area contributed by atoms with Gasteiger partial charge in [0.25, 0.3) is 0 Å². The number of rotatable bonds is 1. The van der Waals surface area contributed by atoms with Crippen molar-refractivity contribution in [1.82, 2.24) is 10.2 Å². The van der Waals surface area contributed by atoms with Gasteiger partial charge in [-0.15, -0.1) is 0 Å². The van der Waals surface area contributed by atoms with Crippen LogP contribution in [0.4, 0.5) is 4.79 Å². The first kappa shape index (κ1) is 8.37. The van der Waals surface area contributed by atoms with E-state index in [0.717, 1.165) is 12.8 Å². The summed E-state index contributed by atoms with van der Waals surface area (Å²) in [5.74, 6) is 0. The summed E-state index contributed by atoms with van der Waals surface area (Å²) < 4.78 is 0. The van der Waals surface area contributed by atoms with Gasteiger partial charge in [-0.2, -0.15) is 0 Å². The summed E-state index contributed by atoms with van der Waals surface area (Å²) in [6, 6.07) is 0.364. The predicted octanol–water partition coefficient (Wildman–Crippen LogP) is 1.22. The third-order valence-electron chi connectivity index (χ3n) is 2.37. The van der Waals surface area contributed by atoms with Crippen molar-refractivity contribution >= 4 is 6.03 Å². The zero-order valence-corrected chi connectivity index (χ0v) is 7.21. The highest BCUT2D eigenvalue weighted by Crippen LogP contribution is 2.22. The van der Waals surface area contributed by atoms with Crippen molar-refractivity contribution in [3.05, 3.63) is 0 Å². The molecule has 0 heterocycles. The molecule has 63 valence electrons. The molecule has 1 aliphatic rings. The fourth-order valence-electron chi connectivity index (χ4n) is 1.61. The third-order valence-corrected chi connectivity index (χ3v) is 2.37. The minimum atomic E-state index is -0.0862. The van der Waals surface area contributed by atoms with E-state index >= 15 is 0 Å². The van der Waals surface area contributed by atoms with E-state index < -0.39 is 0 Å². The fourth-order valence-corrected chi connectivity index (χ4v) is 1.61. The molecule has 0 unspecified atom stereocenters. The zero-order valence-electron chi connectivity index (χ0n) is 7.21. The molecule has 1 rings (SSSR count). The van der Waals surface area contributed by atoms with E-state index in [1.54, 1.807) is 11.9 Å². The second-order valence-electron chi connectivity index (χ2n) is 3.06. The molecule has 1 saturated carbocycles. The van der Waals surface area contributed by atoms with Gasteiger partial charge >= 0.3 is 6.03 Å². The van der Waals surface area contributed by atoms with E-state index in [-0.39, 0.29) is 6.03 Å².